The molecule has 0 aromatic heterocycles. The van der Waals surface area contributed by atoms with Gasteiger partial charge < -0.3 is 20.5 Å². The molecular weight excluding hydrogens is 408 g/mol. The largest absolute Gasteiger partial charge is 0.481 e. The molecule has 0 aliphatic heterocycles. The van der Waals surface area contributed by atoms with Crippen LogP contribution in [0.1, 0.15) is 49.7 Å². The van der Waals surface area contributed by atoms with Crippen molar-refractivity contribution < 1.29 is 24.2 Å². The summed E-state index contributed by atoms with van der Waals surface area (Å²) in [4.78, 5) is 36.1. The van der Waals surface area contributed by atoms with Crippen molar-refractivity contribution in [3.8, 4) is 11.1 Å². The lowest BCUT2D eigenvalue weighted by molar-refractivity contribution is -0.137. The molecule has 4 rings (SSSR count). The van der Waals surface area contributed by atoms with E-state index >= 15 is 0 Å². The van der Waals surface area contributed by atoms with Gasteiger partial charge in [-0.05, 0) is 41.5 Å². The summed E-state index contributed by atoms with van der Waals surface area (Å²) in [5, 5.41) is 14.3. The van der Waals surface area contributed by atoms with Crippen molar-refractivity contribution in [3.05, 3.63) is 59.7 Å². The standard InChI is InChI=1S/C25H28N2O5/c1-15(12-23(28)29)26-24(30)22(13-16-10-11-16)27-25(31)32-14-21-19-8-4-2-6-17(19)18-7-3-5-9-20(18)21/h2-9,15-16,21-22H,10-14H2,1H3,(H,26,30)(H,27,31)(H,28,29)/t15?,22-/m0/s1. The summed E-state index contributed by atoms with van der Waals surface area (Å²) in [6.07, 6.45) is 1.77. The average molecular weight is 437 g/mol. The second-order valence-electron chi connectivity index (χ2n) is 8.71. The first kappa shape index (κ1) is 21.9. The van der Waals surface area contributed by atoms with Crippen LogP contribution in [0.3, 0.4) is 0 Å². The number of nitrogens with one attached hydrogen (secondary N) is 2. The van der Waals surface area contributed by atoms with Gasteiger partial charge in [-0.15, -0.1) is 0 Å². The summed E-state index contributed by atoms with van der Waals surface area (Å²) in [6.45, 7) is 1.81. The number of aliphatic carboxylic acids is 1. The Kier molecular flexibility index (Phi) is 6.44. The lowest BCUT2D eigenvalue weighted by Gasteiger charge is -2.21. The van der Waals surface area contributed by atoms with Gasteiger partial charge in [-0.25, -0.2) is 4.79 Å². The van der Waals surface area contributed by atoms with Gasteiger partial charge in [0.2, 0.25) is 5.91 Å². The first-order valence-corrected chi connectivity index (χ1v) is 11.1. The number of fused-ring (bicyclic) bond motifs is 3. The number of carboxylic acid groups (broad SMARTS) is 1. The van der Waals surface area contributed by atoms with E-state index in [9.17, 15) is 14.4 Å². The first-order valence-electron chi connectivity index (χ1n) is 11.1. The molecule has 1 fully saturated rings. The second-order valence-corrected chi connectivity index (χ2v) is 8.71. The molecule has 2 aromatic carbocycles. The summed E-state index contributed by atoms with van der Waals surface area (Å²) in [5.74, 6) is -1.02. The predicted molar refractivity (Wildman–Crippen MR) is 119 cm³/mol. The van der Waals surface area contributed by atoms with Crippen LogP contribution in [-0.2, 0) is 14.3 Å². The van der Waals surface area contributed by atoms with Crippen LogP contribution in [0.4, 0.5) is 4.79 Å². The topological polar surface area (TPSA) is 105 Å². The van der Waals surface area contributed by atoms with Gasteiger partial charge in [0.25, 0.3) is 0 Å². The highest BCUT2D eigenvalue weighted by atomic mass is 16.5. The van der Waals surface area contributed by atoms with Crippen LogP contribution in [0.15, 0.2) is 48.5 Å². The Morgan fingerprint density at radius 3 is 2.16 bits per heavy atom. The normalized spacial score (nSPS) is 16.4. The van der Waals surface area contributed by atoms with Crippen molar-refractivity contribution in [2.75, 3.05) is 6.61 Å². The third kappa shape index (κ3) is 5.10. The highest BCUT2D eigenvalue weighted by Gasteiger charge is 2.33. The average Bonchev–Trinajstić information content (AvgIpc) is 3.52. The number of ether oxygens (including phenoxy) is 1. The molecule has 0 radical (unpaired) electrons. The zero-order valence-corrected chi connectivity index (χ0v) is 18.0. The Morgan fingerprint density at radius 1 is 1.00 bits per heavy atom. The lowest BCUT2D eigenvalue weighted by Crippen LogP contribution is -2.49. The smallest absolute Gasteiger partial charge is 0.407 e. The number of rotatable bonds is 9. The van der Waals surface area contributed by atoms with E-state index in [0.717, 1.165) is 35.1 Å². The fourth-order valence-electron chi connectivity index (χ4n) is 4.36. The highest BCUT2D eigenvalue weighted by molar-refractivity contribution is 5.86. The fraction of sp³-hybridized carbons (Fsp3) is 0.400. The van der Waals surface area contributed by atoms with Crippen LogP contribution in [0, 0.1) is 5.92 Å². The minimum absolute atomic E-state index is 0.0561. The third-order valence-corrected chi connectivity index (χ3v) is 6.09. The number of hydrogen-bond donors (Lipinski definition) is 3. The van der Waals surface area contributed by atoms with Gasteiger partial charge in [0.1, 0.15) is 12.6 Å². The molecule has 2 amide bonds. The molecule has 0 saturated heterocycles. The maximum atomic E-state index is 12.6. The maximum Gasteiger partial charge on any atom is 0.407 e. The monoisotopic (exact) mass is 436 g/mol. The maximum absolute atomic E-state index is 12.6. The van der Waals surface area contributed by atoms with Crippen LogP contribution < -0.4 is 10.6 Å². The molecule has 0 bridgehead atoms. The fourth-order valence-corrected chi connectivity index (χ4v) is 4.36. The van der Waals surface area contributed by atoms with Crippen molar-refractivity contribution in [2.24, 2.45) is 5.92 Å². The zero-order valence-electron chi connectivity index (χ0n) is 18.0. The number of carbonyl (C=O) groups is 3. The SMILES string of the molecule is CC(CC(=O)O)NC(=O)[C@H](CC1CC1)NC(=O)OCC1c2ccccc2-c2ccccc21. The third-order valence-electron chi connectivity index (χ3n) is 6.09. The Morgan fingerprint density at radius 2 is 1.59 bits per heavy atom. The molecule has 2 aliphatic carbocycles. The molecule has 7 nitrogen and oxygen atoms in total. The number of carboxylic acids is 1. The van der Waals surface area contributed by atoms with Gasteiger partial charge in [-0.3, -0.25) is 9.59 Å². The lowest BCUT2D eigenvalue weighted by atomic mass is 9.98. The van der Waals surface area contributed by atoms with E-state index in [1.54, 1.807) is 6.92 Å². The first-order chi connectivity index (χ1) is 15.4. The summed E-state index contributed by atoms with van der Waals surface area (Å²) in [7, 11) is 0. The summed E-state index contributed by atoms with van der Waals surface area (Å²) in [5.41, 5.74) is 4.54. The molecule has 0 spiro atoms. The van der Waals surface area contributed by atoms with E-state index in [-0.39, 0.29) is 24.9 Å². The van der Waals surface area contributed by atoms with Gasteiger partial charge in [-0.2, -0.15) is 0 Å². The van der Waals surface area contributed by atoms with E-state index in [0.29, 0.717) is 12.3 Å². The highest BCUT2D eigenvalue weighted by Crippen LogP contribution is 2.44. The van der Waals surface area contributed by atoms with Crippen molar-refractivity contribution in [3.63, 3.8) is 0 Å². The molecule has 7 heteroatoms. The Labute approximate surface area is 187 Å². The Hall–Kier alpha value is -3.35. The van der Waals surface area contributed by atoms with Crippen molar-refractivity contribution >= 4 is 18.0 Å². The molecule has 3 N–H and O–H groups in total. The summed E-state index contributed by atoms with van der Waals surface area (Å²) < 4.78 is 5.57. The van der Waals surface area contributed by atoms with Crippen molar-refractivity contribution in [1.82, 2.24) is 10.6 Å². The van der Waals surface area contributed by atoms with Crippen LogP contribution in [0.5, 0.6) is 0 Å². The molecule has 168 valence electrons. The zero-order chi connectivity index (χ0) is 22.7. The van der Waals surface area contributed by atoms with Gasteiger partial charge >= 0.3 is 12.1 Å². The minimum atomic E-state index is -0.985. The van der Waals surface area contributed by atoms with Crippen LogP contribution in [0.25, 0.3) is 11.1 Å². The van der Waals surface area contributed by atoms with Crippen LogP contribution in [-0.4, -0.2) is 41.8 Å². The Balaban J connectivity index is 1.38. The minimum Gasteiger partial charge on any atom is -0.481 e. The van der Waals surface area contributed by atoms with Gasteiger partial charge in [0.05, 0.1) is 6.42 Å². The van der Waals surface area contributed by atoms with Crippen LogP contribution in [0.2, 0.25) is 0 Å². The molecule has 0 heterocycles. The number of alkyl carbamates (subject to hydrolysis) is 1. The van der Waals surface area contributed by atoms with Gasteiger partial charge in [0, 0.05) is 12.0 Å². The molecule has 2 aromatic rings. The van der Waals surface area contributed by atoms with Gasteiger partial charge in [0.15, 0.2) is 0 Å². The van der Waals surface area contributed by atoms with Crippen LogP contribution >= 0.6 is 0 Å². The van der Waals surface area contributed by atoms with Crippen molar-refractivity contribution in [2.45, 2.75) is 50.6 Å². The number of benzene rings is 2. The number of carbonyl (C=O) groups excluding carboxylic acids is 2. The quantitative estimate of drug-likeness (QED) is 0.556. The van der Waals surface area contributed by atoms with E-state index in [1.165, 1.54) is 0 Å². The molecule has 2 aliphatic rings. The van der Waals surface area contributed by atoms with E-state index in [4.69, 9.17) is 9.84 Å². The molecule has 1 saturated carbocycles. The van der Waals surface area contributed by atoms with E-state index in [2.05, 4.69) is 34.9 Å². The summed E-state index contributed by atoms with van der Waals surface area (Å²) in [6, 6.07) is 14.9. The molecular formula is C25H28N2O5. The second kappa shape index (κ2) is 9.42. The van der Waals surface area contributed by atoms with E-state index < -0.39 is 24.1 Å². The number of hydrogen-bond acceptors (Lipinski definition) is 4. The van der Waals surface area contributed by atoms with E-state index in [1.807, 2.05) is 24.3 Å². The van der Waals surface area contributed by atoms with Crippen molar-refractivity contribution in [1.29, 1.82) is 0 Å². The Bertz CT molecular complexity index is 971. The predicted octanol–water partition coefficient (Wildman–Crippen LogP) is 3.67. The summed E-state index contributed by atoms with van der Waals surface area (Å²) >= 11 is 0. The molecule has 1 unspecified atom stereocenters. The number of amides is 2. The van der Waals surface area contributed by atoms with Gasteiger partial charge in [-0.1, -0.05) is 61.4 Å². The molecule has 2 atom stereocenters. The molecule has 32 heavy (non-hydrogen) atoms.